The molecule has 1 fully saturated rings. The molecular weight excluding hydrogens is 300 g/mol. The number of benzene rings is 1. The van der Waals surface area contributed by atoms with Crippen LogP contribution in [0.25, 0.3) is 10.9 Å². The first-order valence-corrected chi connectivity index (χ1v) is 7.37. The van der Waals surface area contributed by atoms with E-state index in [4.69, 9.17) is 18.9 Å². The fraction of sp³-hybridized carbons (Fsp3) is 0.500. The number of nitrogens with zero attached hydrogens (tertiary/aromatic N) is 2. The Morgan fingerprint density at radius 2 is 1.96 bits per heavy atom. The first kappa shape index (κ1) is 16.1. The molecular formula is C16H20N2O5. The topological polar surface area (TPSA) is 71.3 Å². The van der Waals surface area contributed by atoms with Crippen molar-refractivity contribution in [3.05, 3.63) is 35.4 Å². The van der Waals surface area contributed by atoms with Crippen molar-refractivity contribution in [2.45, 2.75) is 24.5 Å². The van der Waals surface area contributed by atoms with E-state index >= 15 is 0 Å². The van der Waals surface area contributed by atoms with Gasteiger partial charge in [-0.05, 0) is 29.4 Å². The maximum absolute atomic E-state index is 10.7. The normalized spacial score (nSPS) is 27.6. The molecule has 124 valence electrons. The number of nitroso groups, excluding NO2 is 1. The van der Waals surface area contributed by atoms with Crippen LogP contribution in [0.4, 0.5) is 5.69 Å². The molecule has 23 heavy (non-hydrogen) atoms. The van der Waals surface area contributed by atoms with Crippen LogP contribution in [0.1, 0.15) is 6.23 Å². The zero-order valence-corrected chi connectivity index (χ0v) is 13.3. The van der Waals surface area contributed by atoms with Gasteiger partial charge in [-0.2, -0.15) is 0 Å². The smallest absolute Gasteiger partial charge is 0.163 e. The quantitative estimate of drug-likeness (QED) is 0.765. The Kier molecular flexibility index (Phi) is 4.72. The summed E-state index contributed by atoms with van der Waals surface area (Å²) in [5.41, 5.74) is 1.34. The Labute approximate surface area is 134 Å². The lowest BCUT2D eigenvalue weighted by Crippen LogP contribution is -2.36. The minimum Gasteiger partial charge on any atom is -0.382 e. The van der Waals surface area contributed by atoms with E-state index in [1.54, 1.807) is 33.5 Å². The molecule has 0 aliphatic carbocycles. The Morgan fingerprint density at radius 1 is 1.17 bits per heavy atom. The zero-order valence-electron chi connectivity index (χ0n) is 13.3. The molecule has 0 N–H and O–H groups in total. The van der Waals surface area contributed by atoms with Crippen molar-refractivity contribution in [2.75, 3.05) is 27.9 Å². The van der Waals surface area contributed by atoms with Crippen LogP contribution in [-0.4, -0.2) is 50.8 Å². The van der Waals surface area contributed by atoms with Crippen LogP contribution in [0.3, 0.4) is 0 Å². The van der Waals surface area contributed by atoms with Crippen LogP contribution in [0.2, 0.25) is 0 Å². The van der Waals surface area contributed by atoms with E-state index in [1.165, 1.54) is 0 Å². The van der Waals surface area contributed by atoms with Gasteiger partial charge in [0.25, 0.3) is 0 Å². The van der Waals surface area contributed by atoms with Crippen molar-refractivity contribution in [1.29, 1.82) is 0 Å². The van der Waals surface area contributed by atoms with Gasteiger partial charge in [0, 0.05) is 32.9 Å². The maximum Gasteiger partial charge on any atom is 0.163 e. The van der Waals surface area contributed by atoms with Gasteiger partial charge < -0.3 is 23.5 Å². The van der Waals surface area contributed by atoms with E-state index in [0.29, 0.717) is 12.3 Å². The lowest BCUT2D eigenvalue weighted by atomic mass is 10.1. The summed E-state index contributed by atoms with van der Waals surface area (Å²) in [5.74, 6) is 0. The van der Waals surface area contributed by atoms with Gasteiger partial charge in [0.2, 0.25) is 0 Å². The molecule has 3 rings (SSSR count). The molecule has 2 aromatic rings. The highest BCUT2D eigenvalue weighted by atomic mass is 16.6. The molecule has 0 radical (unpaired) electrons. The largest absolute Gasteiger partial charge is 0.382 e. The van der Waals surface area contributed by atoms with Crippen LogP contribution < -0.4 is 0 Å². The maximum atomic E-state index is 10.7. The molecule has 1 aliphatic heterocycles. The van der Waals surface area contributed by atoms with Gasteiger partial charge >= 0.3 is 0 Å². The van der Waals surface area contributed by atoms with Gasteiger partial charge in [-0.15, -0.1) is 4.91 Å². The van der Waals surface area contributed by atoms with Crippen molar-refractivity contribution in [3.63, 3.8) is 0 Å². The molecule has 0 bridgehead atoms. The first-order valence-electron chi connectivity index (χ1n) is 7.37. The summed E-state index contributed by atoms with van der Waals surface area (Å²) in [4.78, 5) is 10.7. The van der Waals surface area contributed by atoms with Crippen LogP contribution >= 0.6 is 0 Å². The van der Waals surface area contributed by atoms with Crippen molar-refractivity contribution in [2.24, 2.45) is 5.18 Å². The molecule has 1 aromatic heterocycles. The van der Waals surface area contributed by atoms with E-state index in [1.807, 2.05) is 22.9 Å². The predicted octanol–water partition coefficient (Wildman–Crippen LogP) is 2.61. The average molecular weight is 320 g/mol. The summed E-state index contributed by atoms with van der Waals surface area (Å²) < 4.78 is 24.5. The molecule has 2 heterocycles. The van der Waals surface area contributed by atoms with Gasteiger partial charge in [-0.3, -0.25) is 0 Å². The van der Waals surface area contributed by atoms with E-state index < -0.39 is 0 Å². The summed E-state index contributed by atoms with van der Waals surface area (Å²) in [6, 6.07) is 7.21. The number of rotatable bonds is 6. The van der Waals surface area contributed by atoms with Crippen molar-refractivity contribution in [1.82, 2.24) is 4.57 Å². The number of ether oxygens (including phenoxy) is 4. The standard InChI is InChI=1S/C16H20N2O5/c1-20-9-13-14(21-2)15(22-3)16(23-13)18-7-6-10-8-11(17-19)4-5-12(10)18/h4-8,13-16H,9H2,1-3H3/t13-,14?,15?,16-/m1/s1. The molecule has 4 atom stereocenters. The predicted molar refractivity (Wildman–Crippen MR) is 84.8 cm³/mol. The Bertz CT molecular complexity index is 686. The first-order chi connectivity index (χ1) is 11.2. The van der Waals surface area contributed by atoms with Crippen molar-refractivity contribution < 1.29 is 18.9 Å². The third kappa shape index (κ3) is 2.76. The highest BCUT2D eigenvalue weighted by Gasteiger charge is 2.46. The second-order valence-electron chi connectivity index (χ2n) is 5.48. The molecule has 1 aliphatic rings. The number of hydrogen-bond donors (Lipinski definition) is 0. The van der Waals surface area contributed by atoms with Gasteiger partial charge in [-0.25, -0.2) is 0 Å². The second kappa shape index (κ2) is 6.76. The molecule has 7 nitrogen and oxygen atoms in total. The molecule has 1 saturated heterocycles. The Balaban J connectivity index is 1.98. The number of fused-ring (bicyclic) bond motifs is 1. The van der Waals surface area contributed by atoms with Crippen LogP contribution in [-0.2, 0) is 18.9 Å². The molecule has 0 spiro atoms. The molecule has 0 saturated carbocycles. The van der Waals surface area contributed by atoms with Gasteiger partial charge in [0.15, 0.2) is 6.23 Å². The van der Waals surface area contributed by atoms with E-state index in [2.05, 4.69) is 5.18 Å². The van der Waals surface area contributed by atoms with E-state index in [-0.39, 0.29) is 24.5 Å². The fourth-order valence-corrected chi connectivity index (χ4v) is 3.20. The van der Waals surface area contributed by atoms with Crippen LogP contribution in [0.5, 0.6) is 0 Å². The summed E-state index contributed by atoms with van der Waals surface area (Å²) in [6.45, 7) is 0.424. The highest BCUT2D eigenvalue weighted by Crippen LogP contribution is 2.36. The average Bonchev–Trinajstić information content (AvgIpc) is 3.14. The molecule has 0 amide bonds. The van der Waals surface area contributed by atoms with Gasteiger partial charge in [-0.1, -0.05) is 0 Å². The Hall–Kier alpha value is -1.80. The monoisotopic (exact) mass is 320 g/mol. The van der Waals surface area contributed by atoms with E-state index in [9.17, 15) is 4.91 Å². The lowest BCUT2D eigenvalue weighted by Gasteiger charge is -2.22. The highest BCUT2D eigenvalue weighted by molar-refractivity contribution is 5.83. The second-order valence-corrected chi connectivity index (χ2v) is 5.48. The summed E-state index contributed by atoms with van der Waals surface area (Å²) in [6.07, 6.45) is 0.876. The minimum absolute atomic E-state index is 0.215. The number of methoxy groups -OCH3 is 3. The van der Waals surface area contributed by atoms with Gasteiger partial charge in [0.1, 0.15) is 24.0 Å². The van der Waals surface area contributed by atoms with Gasteiger partial charge in [0.05, 0.1) is 12.1 Å². The lowest BCUT2D eigenvalue weighted by molar-refractivity contribution is -0.0632. The van der Waals surface area contributed by atoms with Crippen LogP contribution in [0, 0.1) is 4.91 Å². The SMILES string of the molecule is COC[C@H]1O[C@@H](n2ccc3cc(N=O)ccc32)C(OC)C1OC. The fourth-order valence-electron chi connectivity index (χ4n) is 3.20. The molecule has 2 unspecified atom stereocenters. The summed E-state index contributed by atoms with van der Waals surface area (Å²) in [7, 11) is 4.91. The summed E-state index contributed by atoms with van der Waals surface area (Å²) >= 11 is 0. The third-order valence-corrected chi connectivity index (χ3v) is 4.24. The minimum atomic E-state index is -0.336. The zero-order chi connectivity index (χ0) is 16.4. The molecule has 7 heteroatoms. The Morgan fingerprint density at radius 3 is 2.61 bits per heavy atom. The van der Waals surface area contributed by atoms with Crippen molar-refractivity contribution >= 4 is 16.6 Å². The third-order valence-electron chi connectivity index (χ3n) is 4.24. The van der Waals surface area contributed by atoms with Crippen molar-refractivity contribution in [3.8, 4) is 0 Å². The molecule has 1 aromatic carbocycles. The summed E-state index contributed by atoms with van der Waals surface area (Å²) in [5, 5.41) is 3.89. The number of aromatic nitrogens is 1. The number of hydrogen-bond acceptors (Lipinski definition) is 6. The van der Waals surface area contributed by atoms with E-state index in [0.717, 1.165) is 10.9 Å². The van der Waals surface area contributed by atoms with Crippen LogP contribution in [0.15, 0.2) is 35.6 Å².